The molecule has 1 saturated heterocycles. The van der Waals surface area contributed by atoms with Gasteiger partial charge in [0.2, 0.25) is 15.9 Å². The second-order valence-electron chi connectivity index (χ2n) is 4.87. The summed E-state index contributed by atoms with van der Waals surface area (Å²) in [6.07, 6.45) is 0. The van der Waals surface area contributed by atoms with Crippen LogP contribution in [0.4, 0.5) is 0 Å². The van der Waals surface area contributed by atoms with Crippen LogP contribution in [0.2, 0.25) is 5.02 Å². The number of amides is 1. The number of carbonyl (C=O) groups is 1. The molecular weight excluding hydrogens is 314 g/mol. The predicted octanol–water partition coefficient (Wildman–Crippen LogP) is 0.359. The Hall–Kier alpha value is -1.15. The number of aryl methyl sites for hydroxylation is 1. The van der Waals surface area contributed by atoms with E-state index in [0.717, 1.165) is 13.1 Å². The molecule has 0 saturated carbocycles. The number of benzene rings is 1. The Kier molecular flexibility index (Phi) is 5.21. The molecule has 1 aromatic rings. The number of nitrogens with one attached hydrogen (secondary N) is 2. The van der Waals surface area contributed by atoms with E-state index in [1.165, 1.54) is 6.07 Å². The Morgan fingerprint density at radius 3 is 2.71 bits per heavy atom. The van der Waals surface area contributed by atoms with E-state index in [4.69, 9.17) is 11.6 Å². The molecule has 0 radical (unpaired) electrons. The number of hydrogen-bond acceptors (Lipinski definition) is 4. The van der Waals surface area contributed by atoms with Gasteiger partial charge in [0.25, 0.3) is 0 Å². The molecule has 8 heteroatoms. The summed E-state index contributed by atoms with van der Waals surface area (Å²) in [7, 11) is -3.74. The first kappa shape index (κ1) is 16.2. The SMILES string of the molecule is Cc1ccc(Cl)cc1S(=O)(=O)NCC(=O)N1CCNCC1. The lowest BCUT2D eigenvalue weighted by molar-refractivity contribution is -0.130. The van der Waals surface area contributed by atoms with Crippen LogP contribution >= 0.6 is 11.6 Å². The van der Waals surface area contributed by atoms with Crippen molar-refractivity contribution in [3.05, 3.63) is 28.8 Å². The summed E-state index contributed by atoms with van der Waals surface area (Å²) < 4.78 is 26.8. The number of halogens is 1. The minimum Gasteiger partial charge on any atom is -0.339 e. The zero-order valence-corrected chi connectivity index (χ0v) is 13.3. The molecule has 116 valence electrons. The summed E-state index contributed by atoms with van der Waals surface area (Å²) in [5.74, 6) is -0.222. The van der Waals surface area contributed by atoms with Crippen LogP contribution in [0.3, 0.4) is 0 Å². The van der Waals surface area contributed by atoms with Gasteiger partial charge in [-0.2, -0.15) is 0 Å². The maximum atomic E-state index is 12.2. The van der Waals surface area contributed by atoms with E-state index in [-0.39, 0.29) is 17.3 Å². The van der Waals surface area contributed by atoms with Crippen LogP contribution in [0.25, 0.3) is 0 Å². The Bertz CT molecular complexity index is 628. The molecule has 1 aromatic carbocycles. The van der Waals surface area contributed by atoms with Crippen LogP contribution in [0, 0.1) is 6.92 Å². The van der Waals surface area contributed by atoms with E-state index in [9.17, 15) is 13.2 Å². The molecular formula is C13H18ClN3O3S. The first-order valence-corrected chi connectivity index (χ1v) is 8.50. The minimum atomic E-state index is -3.74. The normalized spacial score (nSPS) is 16.0. The maximum Gasteiger partial charge on any atom is 0.241 e. The smallest absolute Gasteiger partial charge is 0.241 e. The maximum absolute atomic E-state index is 12.2. The summed E-state index contributed by atoms with van der Waals surface area (Å²) in [5, 5.41) is 3.48. The van der Waals surface area contributed by atoms with Gasteiger partial charge in [0, 0.05) is 31.2 Å². The van der Waals surface area contributed by atoms with Crippen molar-refractivity contribution < 1.29 is 13.2 Å². The molecule has 2 N–H and O–H groups in total. The van der Waals surface area contributed by atoms with E-state index in [2.05, 4.69) is 10.0 Å². The number of hydrogen-bond donors (Lipinski definition) is 2. The molecule has 0 spiro atoms. The molecule has 1 fully saturated rings. The highest BCUT2D eigenvalue weighted by Gasteiger charge is 2.21. The average molecular weight is 332 g/mol. The Labute approximate surface area is 129 Å². The summed E-state index contributed by atoms with van der Waals surface area (Å²) in [5.41, 5.74) is 0.585. The second-order valence-corrected chi connectivity index (χ2v) is 7.04. The Morgan fingerprint density at radius 2 is 2.05 bits per heavy atom. The quantitative estimate of drug-likeness (QED) is 0.835. The van der Waals surface area contributed by atoms with Crippen molar-refractivity contribution in [1.82, 2.24) is 14.9 Å². The van der Waals surface area contributed by atoms with Gasteiger partial charge >= 0.3 is 0 Å². The molecule has 0 bridgehead atoms. The average Bonchev–Trinajstić information content (AvgIpc) is 2.48. The highest BCUT2D eigenvalue weighted by atomic mass is 35.5. The third-order valence-corrected chi connectivity index (χ3v) is 5.10. The van der Waals surface area contributed by atoms with Gasteiger partial charge in [-0.1, -0.05) is 17.7 Å². The van der Waals surface area contributed by atoms with Gasteiger partial charge in [-0.05, 0) is 24.6 Å². The number of carbonyl (C=O) groups excluding carboxylic acids is 1. The lowest BCUT2D eigenvalue weighted by Crippen LogP contribution is -2.49. The van der Waals surface area contributed by atoms with Crippen molar-refractivity contribution in [1.29, 1.82) is 0 Å². The minimum absolute atomic E-state index is 0.100. The van der Waals surface area contributed by atoms with Crippen LogP contribution in [-0.4, -0.2) is 51.9 Å². The van der Waals surface area contributed by atoms with E-state index < -0.39 is 10.0 Å². The van der Waals surface area contributed by atoms with Crippen LogP contribution in [0.5, 0.6) is 0 Å². The summed E-state index contributed by atoms with van der Waals surface area (Å²) >= 11 is 5.83. The first-order valence-electron chi connectivity index (χ1n) is 6.64. The van der Waals surface area contributed by atoms with Crippen molar-refractivity contribution in [2.75, 3.05) is 32.7 Å². The number of rotatable bonds is 4. The van der Waals surface area contributed by atoms with Crippen LogP contribution in [0.1, 0.15) is 5.56 Å². The van der Waals surface area contributed by atoms with Gasteiger partial charge in [-0.3, -0.25) is 4.79 Å². The molecule has 0 aromatic heterocycles. The van der Waals surface area contributed by atoms with Gasteiger partial charge < -0.3 is 10.2 Å². The molecule has 6 nitrogen and oxygen atoms in total. The molecule has 1 aliphatic heterocycles. The first-order chi connectivity index (χ1) is 9.90. The van der Waals surface area contributed by atoms with E-state index in [0.29, 0.717) is 23.7 Å². The monoisotopic (exact) mass is 331 g/mol. The molecule has 0 atom stereocenters. The lowest BCUT2D eigenvalue weighted by atomic mass is 10.2. The summed E-state index contributed by atoms with van der Waals surface area (Å²) in [6, 6.07) is 4.64. The van der Waals surface area contributed by atoms with Crippen LogP contribution < -0.4 is 10.0 Å². The second kappa shape index (κ2) is 6.74. The highest BCUT2D eigenvalue weighted by Crippen LogP contribution is 2.19. The van der Waals surface area contributed by atoms with E-state index in [1.54, 1.807) is 24.0 Å². The number of piperazine rings is 1. The van der Waals surface area contributed by atoms with Gasteiger partial charge in [-0.25, -0.2) is 13.1 Å². The zero-order valence-electron chi connectivity index (χ0n) is 11.7. The molecule has 0 aliphatic carbocycles. The summed E-state index contributed by atoms with van der Waals surface area (Å²) in [6.45, 7) is 4.09. The molecule has 0 unspecified atom stereocenters. The third kappa shape index (κ3) is 4.16. The van der Waals surface area contributed by atoms with Gasteiger partial charge in [0.05, 0.1) is 11.4 Å². The van der Waals surface area contributed by atoms with Crippen molar-refractivity contribution in [3.63, 3.8) is 0 Å². The lowest BCUT2D eigenvalue weighted by Gasteiger charge is -2.27. The topological polar surface area (TPSA) is 78.5 Å². The molecule has 2 rings (SSSR count). The predicted molar refractivity (Wildman–Crippen MR) is 80.8 cm³/mol. The summed E-state index contributed by atoms with van der Waals surface area (Å²) in [4.78, 5) is 13.7. The fourth-order valence-corrected chi connectivity index (χ4v) is 3.60. The van der Waals surface area contributed by atoms with Crippen LogP contribution in [-0.2, 0) is 14.8 Å². The molecule has 21 heavy (non-hydrogen) atoms. The van der Waals surface area contributed by atoms with Crippen molar-refractivity contribution >= 4 is 27.5 Å². The zero-order chi connectivity index (χ0) is 15.5. The standard InChI is InChI=1S/C13H18ClN3O3S/c1-10-2-3-11(14)8-12(10)21(19,20)16-9-13(18)17-6-4-15-5-7-17/h2-3,8,15-16H,4-7,9H2,1H3. The van der Waals surface area contributed by atoms with Crippen LogP contribution in [0.15, 0.2) is 23.1 Å². The number of nitrogens with zero attached hydrogens (tertiary/aromatic N) is 1. The number of sulfonamides is 1. The van der Waals surface area contributed by atoms with Crippen molar-refractivity contribution in [2.24, 2.45) is 0 Å². The highest BCUT2D eigenvalue weighted by molar-refractivity contribution is 7.89. The molecule has 1 amide bonds. The van der Waals surface area contributed by atoms with Gasteiger partial charge in [-0.15, -0.1) is 0 Å². The van der Waals surface area contributed by atoms with Gasteiger partial charge in [0.15, 0.2) is 0 Å². The van der Waals surface area contributed by atoms with Crippen molar-refractivity contribution in [2.45, 2.75) is 11.8 Å². The van der Waals surface area contributed by atoms with Crippen molar-refractivity contribution in [3.8, 4) is 0 Å². The Morgan fingerprint density at radius 1 is 1.38 bits per heavy atom. The third-order valence-electron chi connectivity index (χ3n) is 3.32. The van der Waals surface area contributed by atoms with E-state index in [1.807, 2.05) is 0 Å². The van der Waals surface area contributed by atoms with E-state index >= 15 is 0 Å². The van der Waals surface area contributed by atoms with Gasteiger partial charge in [0.1, 0.15) is 0 Å². The molecule has 1 heterocycles. The molecule has 1 aliphatic rings. The fourth-order valence-electron chi connectivity index (χ4n) is 2.12. The Balaban J connectivity index is 2.04. The largest absolute Gasteiger partial charge is 0.339 e. The fraction of sp³-hybridized carbons (Fsp3) is 0.462.